The van der Waals surface area contributed by atoms with Crippen LogP contribution in [0.15, 0.2) is 6.33 Å². The minimum Gasteiger partial charge on any atom is -0.242 e. The van der Waals surface area contributed by atoms with Gasteiger partial charge in [-0.05, 0) is 38.8 Å². The van der Waals surface area contributed by atoms with E-state index in [4.69, 9.17) is 4.98 Å². The van der Waals surface area contributed by atoms with Crippen LogP contribution in [0.2, 0.25) is 0 Å². The van der Waals surface area contributed by atoms with E-state index in [1.807, 2.05) is 6.92 Å². The summed E-state index contributed by atoms with van der Waals surface area (Å²) >= 11 is 1.64. The molecule has 20 heavy (non-hydrogen) atoms. The second kappa shape index (κ2) is 3.73. The Morgan fingerprint density at radius 1 is 1.05 bits per heavy atom. The first-order chi connectivity index (χ1) is 9.56. The van der Waals surface area contributed by atoms with Gasteiger partial charge in [0.1, 0.15) is 21.7 Å². The molecule has 4 aromatic heterocycles. The van der Waals surface area contributed by atoms with Gasteiger partial charge in [0.05, 0.1) is 5.52 Å². The number of hydrogen-bond donors (Lipinski definition) is 0. The third-order valence-corrected chi connectivity index (χ3v) is 4.92. The predicted octanol–water partition coefficient (Wildman–Crippen LogP) is 3.12. The smallest absolute Gasteiger partial charge is 0.176 e. The molecule has 0 atom stereocenters. The molecule has 5 nitrogen and oxygen atoms in total. The number of hydrogen-bond acceptors (Lipinski definition) is 5. The molecule has 0 spiro atoms. The Kier molecular flexibility index (Phi) is 2.18. The Morgan fingerprint density at radius 2 is 1.85 bits per heavy atom. The lowest BCUT2D eigenvalue weighted by Gasteiger charge is -2.04. The normalized spacial score (nSPS) is 12.0. The van der Waals surface area contributed by atoms with Crippen molar-refractivity contribution in [3.05, 3.63) is 29.0 Å². The van der Waals surface area contributed by atoms with Gasteiger partial charge < -0.3 is 0 Å². The molecule has 4 heterocycles. The standard InChI is InChI=1S/C14H13N5S/c1-6-7(2)10-11-12(20-14(10)16-8(6)3)13-17-9(4)18-19(13)5-15-11/h5H,1-4H3. The average molecular weight is 283 g/mol. The third-order valence-electron chi connectivity index (χ3n) is 3.85. The van der Waals surface area contributed by atoms with Gasteiger partial charge in [-0.1, -0.05) is 0 Å². The van der Waals surface area contributed by atoms with Crippen LogP contribution in [0.3, 0.4) is 0 Å². The summed E-state index contributed by atoms with van der Waals surface area (Å²) < 4.78 is 2.80. The second-order valence-electron chi connectivity index (χ2n) is 5.08. The van der Waals surface area contributed by atoms with Crippen molar-refractivity contribution in [1.82, 2.24) is 24.6 Å². The molecule has 0 bridgehead atoms. The number of aromatic nitrogens is 5. The number of pyridine rings is 1. The highest BCUT2D eigenvalue weighted by molar-refractivity contribution is 7.26. The van der Waals surface area contributed by atoms with E-state index in [9.17, 15) is 0 Å². The highest BCUT2D eigenvalue weighted by atomic mass is 32.1. The van der Waals surface area contributed by atoms with E-state index < -0.39 is 0 Å². The molecule has 0 saturated heterocycles. The van der Waals surface area contributed by atoms with Crippen molar-refractivity contribution in [3.8, 4) is 0 Å². The van der Waals surface area contributed by atoms with Gasteiger partial charge in [-0.3, -0.25) is 0 Å². The van der Waals surface area contributed by atoms with E-state index in [0.29, 0.717) is 0 Å². The van der Waals surface area contributed by atoms with Crippen molar-refractivity contribution >= 4 is 37.4 Å². The fourth-order valence-corrected chi connectivity index (χ4v) is 3.78. The van der Waals surface area contributed by atoms with Gasteiger partial charge >= 0.3 is 0 Å². The Bertz CT molecular complexity index is 995. The van der Waals surface area contributed by atoms with E-state index in [1.54, 1.807) is 22.2 Å². The van der Waals surface area contributed by atoms with Crippen LogP contribution in [-0.2, 0) is 0 Å². The monoisotopic (exact) mass is 283 g/mol. The lowest BCUT2D eigenvalue weighted by atomic mass is 10.1. The second-order valence-corrected chi connectivity index (χ2v) is 6.08. The minimum atomic E-state index is 0.758. The maximum absolute atomic E-state index is 4.71. The lowest BCUT2D eigenvalue weighted by molar-refractivity contribution is 0.910. The maximum atomic E-state index is 4.71. The summed E-state index contributed by atoms with van der Waals surface area (Å²) in [5, 5.41) is 5.47. The van der Waals surface area contributed by atoms with E-state index in [0.717, 1.165) is 37.6 Å². The molecule has 0 aliphatic rings. The average Bonchev–Trinajstić information content (AvgIpc) is 2.95. The molecule has 100 valence electrons. The number of thiophene rings is 1. The zero-order chi connectivity index (χ0) is 14.0. The minimum absolute atomic E-state index is 0.758. The van der Waals surface area contributed by atoms with Crippen molar-refractivity contribution in [2.75, 3.05) is 0 Å². The summed E-state index contributed by atoms with van der Waals surface area (Å²) in [5.74, 6) is 0.758. The Labute approximate surface area is 119 Å². The molecule has 0 radical (unpaired) electrons. The van der Waals surface area contributed by atoms with Crippen molar-refractivity contribution in [1.29, 1.82) is 0 Å². The van der Waals surface area contributed by atoms with Crippen molar-refractivity contribution in [2.24, 2.45) is 0 Å². The Hall–Kier alpha value is -2.08. The number of rotatable bonds is 0. The molecule has 0 unspecified atom stereocenters. The fraction of sp³-hybridized carbons (Fsp3) is 0.286. The molecule has 0 saturated carbocycles. The molecule has 0 fully saturated rings. The molecule has 6 heteroatoms. The van der Waals surface area contributed by atoms with Crippen LogP contribution in [0.25, 0.3) is 26.1 Å². The van der Waals surface area contributed by atoms with Gasteiger partial charge in [-0.25, -0.2) is 19.5 Å². The molecular formula is C14H13N5S. The van der Waals surface area contributed by atoms with Crippen LogP contribution in [0.5, 0.6) is 0 Å². The number of fused-ring (bicyclic) bond motifs is 5. The lowest BCUT2D eigenvalue weighted by Crippen LogP contribution is -1.92. The van der Waals surface area contributed by atoms with Crippen molar-refractivity contribution in [2.45, 2.75) is 27.7 Å². The first kappa shape index (κ1) is 11.7. The molecule has 0 aliphatic heterocycles. The van der Waals surface area contributed by atoms with Crippen molar-refractivity contribution in [3.63, 3.8) is 0 Å². The maximum Gasteiger partial charge on any atom is 0.176 e. The molecule has 4 aromatic rings. The predicted molar refractivity (Wildman–Crippen MR) is 80.4 cm³/mol. The topological polar surface area (TPSA) is 56.0 Å². The first-order valence-electron chi connectivity index (χ1n) is 6.44. The summed E-state index contributed by atoms with van der Waals surface area (Å²) in [5.41, 5.74) is 5.42. The van der Waals surface area contributed by atoms with E-state index in [1.165, 1.54) is 11.1 Å². The summed E-state index contributed by atoms with van der Waals surface area (Å²) in [7, 11) is 0. The van der Waals surface area contributed by atoms with Gasteiger partial charge in [-0.15, -0.1) is 11.3 Å². The highest BCUT2D eigenvalue weighted by Crippen LogP contribution is 2.36. The number of aryl methyl sites for hydroxylation is 3. The summed E-state index contributed by atoms with van der Waals surface area (Å²) in [6, 6.07) is 0. The molecule has 0 N–H and O–H groups in total. The molecule has 4 rings (SSSR count). The van der Waals surface area contributed by atoms with Gasteiger partial charge in [0.25, 0.3) is 0 Å². The first-order valence-corrected chi connectivity index (χ1v) is 7.26. The molecular weight excluding hydrogens is 270 g/mol. The Balaban J connectivity index is 2.30. The largest absolute Gasteiger partial charge is 0.242 e. The zero-order valence-electron chi connectivity index (χ0n) is 11.7. The van der Waals surface area contributed by atoms with Crippen molar-refractivity contribution < 1.29 is 0 Å². The molecule has 0 aromatic carbocycles. The van der Waals surface area contributed by atoms with Crippen LogP contribution < -0.4 is 0 Å². The Morgan fingerprint density at radius 3 is 2.65 bits per heavy atom. The summed E-state index contributed by atoms with van der Waals surface area (Å²) in [6.07, 6.45) is 1.73. The van der Waals surface area contributed by atoms with Gasteiger partial charge in [-0.2, -0.15) is 5.10 Å². The quantitative estimate of drug-likeness (QED) is 0.497. The molecule has 0 aliphatic carbocycles. The molecule has 0 amide bonds. The van der Waals surface area contributed by atoms with Gasteiger partial charge in [0, 0.05) is 11.1 Å². The van der Waals surface area contributed by atoms with Crippen LogP contribution in [0.4, 0.5) is 0 Å². The highest BCUT2D eigenvalue weighted by Gasteiger charge is 2.16. The number of nitrogens with zero attached hydrogens (tertiary/aromatic N) is 5. The van der Waals surface area contributed by atoms with E-state index in [2.05, 4.69) is 35.8 Å². The van der Waals surface area contributed by atoms with Crippen LogP contribution in [0.1, 0.15) is 22.6 Å². The van der Waals surface area contributed by atoms with E-state index >= 15 is 0 Å². The SMILES string of the molecule is Cc1nc2c3sc4nc(C)c(C)c(C)c4c3ncn2n1. The summed E-state index contributed by atoms with van der Waals surface area (Å²) in [4.78, 5) is 14.8. The third kappa shape index (κ3) is 1.37. The van der Waals surface area contributed by atoms with Crippen LogP contribution >= 0.6 is 11.3 Å². The summed E-state index contributed by atoms with van der Waals surface area (Å²) in [6.45, 7) is 8.19. The van der Waals surface area contributed by atoms with Crippen LogP contribution in [-0.4, -0.2) is 24.6 Å². The van der Waals surface area contributed by atoms with Gasteiger partial charge in [0.2, 0.25) is 0 Å². The fourth-order valence-electron chi connectivity index (χ4n) is 2.58. The van der Waals surface area contributed by atoms with Gasteiger partial charge in [0.15, 0.2) is 5.65 Å². The zero-order valence-corrected chi connectivity index (χ0v) is 12.5. The van der Waals surface area contributed by atoms with E-state index in [-0.39, 0.29) is 0 Å². The van der Waals surface area contributed by atoms with Crippen LogP contribution in [0, 0.1) is 27.7 Å².